The highest BCUT2D eigenvalue weighted by molar-refractivity contribution is 5.10. The molecule has 1 N–H and O–H groups in total. The van der Waals surface area contributed by atoms with E-state index in [1.165, 1.54) is 38.6 Å². The van der Waals surface area contributed by atoms with Gasteiger partial charge in [0, 0.05) is 36.6 Å². The van der Waals surface area contributed by atoms with Crippen molar-refractivity contribution in [3.8, 4) is 0 Å². The van der Waals surface area contributed by atoms with Crippen molar-refractivity contribution in [1.29, 1.82) is 0 Å². The minimum absolute atomic E-state index is 0.318. The van der Waals surface area contributed by atoms with Crippen molar-refractivity contribution < 1.29 is 4.74 Å². The third kappa shape index (κ3) is 2.45. The van der Waals surface area contributed by atoms with Crippen LogP contribution in [-0.2, 0) is 4.74 Å². The summed E-state index contributed by atoms with van der Waals surface area (Å²) in [7, 11) is 2.28. The first-order chi connectivity index (χ1) is 9.10. The molecule has 0 spiro atoms. The monoisotopic (exact) mass is 266 g/mol. The zero-order chi connectivity index (χ0) is 13.5. The zero-order valence-electron chi connectivity index (χ0n) is 12.8. The van der Waals surface area contributed by atoms with Crippen LogP contribution in [0.2, 0.25) is 0 Å². The second kappa shape index (κ2) is 5.34. The van der Waals surface area contributed by atoms with Crippen LogP contribution in [0.3, 0.4) is 0 Å². The van der Waals surface area contributed by atoms with E-state index in [-0.39, 0.29) is 0 Å². The van der Waals surface area contributed by atoms with Gasteiger partial charge in [0.15, 0.2) is 0 Å². The number of hydrogen-bond donors (Lipinski definition) is 1. The van der Waals surface area contributed by atoms with Gasteiger partial charge in [-0.1, -0.05) is 20.3 Å². The molecule has 3 aliphatic rings. The number of likely N-dealkylation sites (N-methyl/N-ethyl adjacent to an activating group) is 1. The Morgan fingerprint density at radius 1 is 1.21 bits per heavy atom. The van der Waals surface area contributed by atoms with Gasteiger partial charge in [0.25, 0.3) is 0 Å². The molecule has 3 nitrogen and oxygen atoms in total. The van der Waals surface area contributed by atoms with Crippen LogP contribution in [-0.4, -0.2) is 49.8 Å². The van der Waals surface area contributed by atoms with Crippen LogP contribution >= 0.6 is 0 Å². The van der Waals surface area contributed by atoms with Crippen molar-refractivity contribution in [3.05, 3.63) is 0 Å². The molecule has 0 amide bonds. The van der Waals surface area contributed by atoms with Crippen LogP contribution in [0.25, 0.3) is 0 Å². The highest BCUT2D eigenvalue weighted by atomic mass is 16.5. The SMILES string of the molecule is CN1CCCCC1CNC1C2CCCOC2C1(C)C. The summed E-state index contributed by atoms with van der Waals surface area (Å²) < 4.78 is 5.98. The minimum atomic E-state index is 0.318. The van der Waals surface area contributed by atoms with E-state index in [2.05, 4.69) is 31.1 Å². The lowest BCUT2D eigenvalue weighted by molar-refractivity contribution is -0.193. The van der Waals surface area contributed by atoms with Crippen molar-refractivity contribution in [2.45, 2.75) is 64.1 Å². The van der Waals surface area contributed by atoms with Gasteiger partial charge >= 0.3 is 0 Å². The fourth-order valence-corrected chi connectivity index (χ4v) is 4.60. The number of fused-ring (bicyclic) bond motifs is 1. The summed E-state index contributed by atoms with van der Waals surface area (Å²) in [6.07, 6.45) is 7.25. The molecule has 2 saturated heterocycles. The van der Waals surface area contributed by atoms with Gasteiger partial charge in [0.1, 0.15) is 0 Å². The maximum Gasteiger partial charge on any atom is 0.0684 e. The molecular formula is C16H30N2O. The topological polar surface area (TPSA) is 24.5 Å². The maximum absolute atomic E-state index is 5.98. The summed E-state index contributed by atoms with van der Waals surface area (Å²) in [6.45, 7) is 8.16. The van der Waals surface area contributed by atoms with Crippen LogP contribution in [0.4, 0.5) is 0 Å². The van der Waals surface area contributed by atoms with Crippen molar-refractivity contribution in [2.24, 2.45) is 11.3 Å². The summed E-state index contributed by atoms with van der Waals surface area (Å²) >= 11 is 0. The van der Waals surface area contributed by atoms with Crippen molar-refractivity contribution in [3.63, 3.8) is 0 Å². The van der Waals surface area contributed by atoms with Crippen molar-refractivity contribution >= 4 is 0 Å². The second-order valence-electron chi connectivity index (χ2n) is 7.43. The Morgan fingerprint density at radius 3 is 2.84 bits per heavy atom. The first kappa shape index (κ1) is 13.8. The molecule has 0 aromatic rings. The molecule has 1 aliphatic carbocycles. The van der Waals surface area contributed by atoms with Crippen molar-refractivity contribution in [2.75, 3.05) is 26.7 Å². The molecule has 1 saturated carbocycles. The highest BCUT2D eigenvalue weighted by Crippen LogP contribution is 2.51. The fourth-order valence-electron chi connectivity index (χ4n) is 4.60. The molecule has 3 rings (SSSR count). The summed E-state index contributed by atoms with van der Waals surface area (Å²) in [5, 5.41) is 3.89. The van der Waals surface area contributed by atoms with E-state index in [0.29, 0.717) is 17.6 Å². The maximum atomic E-state index is 5.98. The molecule has 4 unspecified atom stereocenters. The highest BCUT2D eigenvalue weighted by Gasteiger charge is 2.57. The van der Waals surface area contributed by atoms with Crippen LogP contribution in [0.1, 0.15) is 46.0 Å². The molecule has 3 fully saturated rings. The van der Waals surface area contributed by atoms with Crippen LogP contribution < -0.4 is 5.32 Å². The molecule has 2 heterocycles. The summed E-state index contributed by atoms with van der Waals surface area (Å²) in [4.78, 5) is 2.54. The molecule has 2 aliphatic heterocycles. The molecule has 0 radical (unpaired) electrons. The normalized spacial score (nSPS) is 42.5. The minimum Gasteiger partial charge on any atom is -0.377 e. The number of ether oxygens (including phenoxy) is 1. The molecule has 4 atom stereocenters. The number of rotatable bonds is 3. The molecule has 0 bridgehead atoms. The van der Waals surface area contributed by atoms with E-state index >= 15 is 0 Å². The van der Waals surface area contributed by atoms with Gasteiger partial charge in [0.2, 0.25) is 0 Å². The Balaban J connectivity index is 1.54. The number of piperidine rings is 1. The Hall–Kier alpha value is -0.120. The van der Waals surface area contributed by atoms with Crippen LogP contribution in [0.15, 0.2) is 0 Å². The van der Waals surface area contributed by atoms with Gasteiger partial charge in [-0.05, 0) is 39.3 Å². The smallest absolute Gasteiger partial charge is 0.0684 e. The predicted molar refractivity (Wildman–Crippen MR) is 78.3 cm³/mol. The van der Waals surface area contributed by atoms with E-state index in [1.54, 1.807) is 0 Å². The van der Waals surface area contributed by atoms with Gasteiger partial charge in [-0.15, -0.1) is 0 Å². The molecule has 0 aromatic heterocycles. The van der Waals surface area contributed by atoms with E-state index in [4.69, 9.17) is 4.74 Å². The number of nitrogens with zero attached hydrogens (tertiary/aromatic N) is 1. The van der Waals surface area contributed by atoms with Crippen LogP contribution in [0, 0.1) is 11.3 Å². The lowest BCUT2D eigenvalue weighted by Crippen LogP contribution is -2.70. The van der Waals surface area contributed by atoms with E-state index in [9.17, 15) is 0 Å². The lowest BCUT2D eigenvalue weighted by Gasteiger charge is -2.60. The Morgan fingerprint density at radius 2 is 2.05 bits per heavy atom. The molecule has 0 aromatic carbocycles. The average Bonchev–Trinajstić information content (AvgIpc) is 2.41. The second-order valence-corrected chi connectivity index (χ2v) is 7.43. The van der Waals surface area contributed by atoms with Gasteiger partial charge in [-0.2, -0.15) is 0 Å². The number of hydrogen-bond acceptors (Lipinski definition) is 3. The number of nitrogens with one attached hydrogen (secondary N) is 1. The summed E-state index contributed by atoms with van der Waals surface area (Å²) in [5.41, 5.74) is 0.318. The van der Waals surface area contributed by atoms with Gasteiger partial charge in [-0.3, -0.25) is 0 Å². The first-order valence-corrected chi connectivity index (χ1v) is 8.16. The van der Waals surface area contributed by atoms with E-state index < -0.39 is 0 Å². The Kier molecular flexibility index (Phi) is 3.89. The van der Waals surface area contributed by atoms with Crippen molar-refractivity contribution in [1.82, 2.24) is 10.2 Å². The Labute approximate surface area is 118 Å². The fraction of sp³-hybridized carbons (Fsp3) is 1.00. The largest absolute Gasteiger partial charge is 0.377 e. The zero-order valence-corrected chi connectivity index (χ0v) is 12.8. The van der Waals surface area contributed by atoms with E-state index in [1.807, 2.05) is 0 Å². The lowest BCUT2D eigenvalue weighted by atomic mass is 9.55. The molecule has 110 valence electrons. The molecular weight excluding hydrogens is 236 g/mol. The predicted octanol–water partition coefficient (Wildman–Crippen LogP) is 2.26. The third-order valence-corrected chi connectivity index (χ3v) is 5.83. The standard InChI is InChI=1S/C16H30N2O/c1-16(2)14(13-8-6-10-19-15(13)16)17-11-12-7-4-5-9-18(12)3/h12-15,17H,4-11H2,1-3H3. The summed E-state index contributed by atoms with van der Waals surface area (Å²) in [5.74, 6) is 0.762. The molecule has 3 heteroatoms. The first-order valence-electron chi connectivity index (χ1n) is 8.16. The van der Waals surface area contributed by atoms with Gasteiger partial charge < -0.3 is 15.0 Å². The molecule has 19 heavy (non-hydrogen) atoms. The van der Waals surface area contributed by atoms with Gasteiger partial charge in [-0.25, -0.2) is 0 Å². The van der Waals surface area contributed by atoms with Gasteiger partial charge in [0.05, 0.1) is 6.10 Å². The third-order valence-electron chi connectivity index (χ3n) is 5.83. The quantitative estimate of drug-likeness (QED) is 0.848. The Bertz CT molecular complexity index is 318. The summed E-state index contributed by atoms with van der Waals surface area (Å²) in [6, 6.07) is 1.40. The van der Waals surface area contributed by atoms with E-state index in [0.717, 1.165) is 25.1 Å². The number of likely N-dealkylation sites (tertiary alicyclic amines) is 1. The average molecular weight is 266 g/mol. The van der Waals surface area contributed by atoms with Crippen LogP contribution in [0.5, 0.6) is 0 Å².